The first kappa shape index (κ1) is 26.3. The highest BCUT2D eigenvalue weighted by Gasteiger charge is 2.31. The minimum absolute atomic E-state index is 0.169. The number of ether oxygens (including phenoxy) is 3. The maximum atomic E-state index is 12.4. The van der Waals surface area contributed by atoms with E-state index in [1.54, 1.807) is 38.4 Å². The number of pyridine rings is 1. The molecule has 8 nitrogen and oxygen atoms in total. The van der Waals surface area contributed by atoms with Crippen LogP contribution in [0.25, 0.3) is 11.1 Å². The van der Waals surface area contributed by atoms with Crippen LogP contribution in [0.1, 0.15) is 12.5 Å². The third kappa shape index (κ3) is 7.57. The molecule has 0 aliphatic carbocycles. The van der Waals surface area contributed by atoms with E-state index in [1.807, 2.05) is 0 Å². The summed E-state index contributed by atoms with van der Waals surface area (Å²) in [5.41, 5.74) is 1.58. The second kappa shape index (κ2) is 11.4. The minimum Gasteiger partial charge on any atom is -0.760 e. The van der Waals surface area contributed by atoms with E-state index in [0.29, 0.717) is 35.7 Å². The summed E-state index contributed by atoms with van der Waals surface area (Å²) >= 11 is -2.40. The second-order valence-corrected chi connectivity index (χ2v) is 8.02. The number of alkyl halides is 3. The van der Waals surface area contributed by atoms with Crippen molar-refractivity contribution < 1.29 is 36.1 Å². The lowest BCUT2D eigenvalue weighted by molar-refractivity contribution is -0.274. The smallest absolute Gasteiger partial charge is 0.573 e. The lowest BCUT2D eigenvalue weighted by atomic mass is 10.0. The van der Waals surface area contributed by atoms with E-state index in [1.165, 1.54) is 22.8 Å². The molecule has 2 aromatic carbocycles. The van der Waals surface area contributed by atoms with E-state index in [-0.39, 0.29) is 23.6 Å². The second-order valence-electron chi connectivity index (χ2n) is 7.26. The molecule has 1 unspecified atom stereocenters. The van der Waals surface area contributed by atoms with Crippen LogP contribution < -0.4 is 24.5 Å². The Morgan fingerprint density at radius 3 is 2.34 bits per heavy atom. The van der Waals surface area contributed by atoms with Crippen LogP contribution in [0, 0.1) is 0 Å². The highest BCUT2D eigenvalue weighted by atomic mass is 32.2. The van der Waals surface area contributed by atoms with Crippen LogP contribution >= 0.6 is 0 Å². The largest absolute Gasteiger partial charge is 0.760 e. The predicted molar refractivity (Wildman–Crippen MR) is 122 cm³/mol. The van der Waals surface area contributed by atoms with Gasteiger partial charge in [0.05, 0.1) is 6.61 Å². The molecule has 0 fully saturated rings. The van der Waals surface area contributed by atoms with Crippen molar-refractivity contribution in [1.29, 1.82) is 0 Å². The monoisotopic (exact) mass is 511 g/mol. The van der Waals surface area contributed by atoms with Crippen LogP contribution in [0.3, 0.4) is 0 Å². The van der Waals surface area contributed by atoms with Crippen molar-refractivity contribution in [2.45, 2.75) is 19.7 Å². The number of rotatable bonds is 10. The molecule has 1 N–H and O–H groups in total. The fraction of sp³-hybridized carbons (Fsp3) is 0.261. The van der Waals surface area contributed by atoms with E-state index in [9.17, 15) is 26.7 Å². The van der Waals surface area contributed by atoms with Gasteiger partial charge in [-0.2, -0.15) is 0 Å². The normalized spacial score (nSPS) is 12.3. The number of nitrogens with one attached hydrogen (secondary N) is 1. The van der Waals surface area contributed by atoms with Gasteiger partial charge in [-0.15, -0.1) is 13.2 Å². The number of benzene rings is 2. The first-order valence-electron chi connectivity index (χ1n) is 10.4. The van der Waals surface area contributed by atoms with Gasteiger partial charge >= 0.3 is 6.36 Å². The molecule has 0 radical (unpaired) electrons. The maximum Gasteiger partial charge on any atom is 0.573 e. The van der Waals surface area contributed by atoms with Crippen LogP contribution in [0.15, 0.2) is 59.5 Å². The van der Waals surface area contributed by atoms with Gasteiger partial charge in [0.2, 0.25) is 0 Å². The average Bonchev–Trinajstić information content (AvgIpc) is 2.77. The Bertz CT molecular complexity index is 1250. The first-order chi connectivity index (χ1) is 16.6. The zero-order valence-corrected chi connectivity index (χ0v) is 19.6. The third-order valence-electron chi connectivity index (χ3n) is 4.74. The predicted octanol–water partition coefficient (Wildman–Crippen LogP) is 4.07. The number of halogens is 3. The molecule has 1 heterocycles. The topological polar surface area (TPSA) is 102 Å². The molecule has 188 valence electrons. The van der Waals surface area contributed by atoms with Gasteiger partial charge in [-0.3, -0.25) is 9.00 Å². The van der Waals surface area contributed by atoms with Crippen molar-refractivity contribution in [3.8, 4) is 34.1 Å². The van der Waals surface area contributed by atoms with Crippen molar-refractivity contribution in [3.05, 3.63) is 70.6 Å². The molecule has 35 heavy (non-hydrogen) atoms. The summed E-state index contributed by atoms with van der Waals surface area (Å²) in [6.45, 7) is 2.24. The van der Waals surface area contributed by atoms with Crippen LogP contribution in [0.5, 0.6) is 23.0 Å². The zero-order valence-electron chi connectivity index (χ0n) is 18.8. The standard InChI is InChI=1S/C23H23F3N2O6S/c1-3-32-21-13-22(29)28(2)14-19(21)18-12-15(10-11-27-35(30)31)4-9-20(18)33-16-5-7-17(8-6-16)34-23(24,25)26/h4-9,12-14,27H,3,10-11H2,1-2H3,(H,30,31)/p-1. The highest BCUT2D eigenvalue weighted by molar-refractivity contribution is 7.77. The summed E-state index contributed by atoms with van der Waals surface area (Å²) in [5.74, 6) is 0.531. The summed E-state index contributed by atoms with van der Waals surface area (Å²) in [6.07, 6.45) is -2.84. The average molecular weight is 511 g/mol. The molecule has 3 aromatic rings. The van der Waals surface area contributed by atoms with E-state index in [2.05, 4.69) is 9.46 Å². The van der Waals surface area contributed by atoms with Gasteiger partial charge in [-0.1, -0.05) is 6.07 Å². The van der Waals surface area contributed by atoms with Gasteiger partial charge in [-0.05, 0) is 55.3 Å². The Balaban J connectivity index is 2.01. The van der Waals surface area contributed by atoms with Crippen molar-refractivity contribution in [1.82, 2.24) is 9.29 Å². The minimum atomic E-state index is -4.81. The molecule has 0 aliphatic heterocycles. The molecule has 1 aromatic heterocycles. The van der Waals surface area contributed by atoms with Crippen LogP contribution in [-0.2, 0) is 24.7 Å². The molecule has 0 amide bonds. The van der Waals surface area contributed by atoms with Gasteiger partial charge in [0.15, 0.2) is 0 Å². The SMILES string of the molecule is CCOc1cc(=O)n(C)cc1-c1cc(CCNS(=O)[O-])ccc1Oc1ccc(OC(F)(F)F)cc1. The number of aryl methyl sites for hydroxylation is 1. The molecule has 12 heteroatoms. The van der Waals surface area contributed by atoms with E-state index < -0.39 is 17.6 Å². The van der Waals surface area contributed by atoms with Gasteiger partial charge in [0.25, 0.3) is 5.56 Å². The summed E-state index contributed by atoms with van der Waals surface area (Å²) < 4.78 is 78.0. The van der Waals surface area contributed by atoms with E-state index in [0.717, 1.165) is 17.7 Å². The molecule has 0 spiro atoms. The third-order valence-corrected chi connectivity index (χ3v) is 5.18. The molecule has 0 saturated heterocycles. The summed E-state index contributed by atoms with van der Waals surface area (Å²) in [7, 11) is 1.58. The molecule has 0 bridgehead atoms. The number of aromatic nitrogens is 1. The van der Waals surface area contributed by atoms with Crippen molar-refractivity contribution >= 4 is 11.3 Å². The number of nitrogens with zero attached hydrogens (tertiary/aromatic N) is 1. The summed E-state index contributed by atoms with van der Waals surface area (Å²) in [4.78, 5) is 12.2. The van der Waals surface area contributed by atoms with Crippen molar-refractivity contribution in [2.75, 3.05) is 13.2 Å². The van der Waals surface area contributed by atoms with Crippen LogP contribution in [0.2, 0.25) is 0 Å². The number of hydrogen-bond acceptors (Lipinski definition) is 6. The van der Waals surface area contributed by atoms with Gasteiger partial charge in [-0.25, -0.2) is 4.72 Å². The lowest BCUT2D eigenvalue weighted by Gasteiger charge is -2.17. The summed E-state index contributed by atoms with van der Waals surface area (Å²) in [6, 6.07) is 11.4. The fourth-order valence-corrected chi connectivity index (χ4v) is 3.51. The molecular weight excluding hydrogens is 489 g/mol. The quantitative estimate of drug-likeness (QED) is 0.412. The van der Waals surface area contributed by atoms with Gasteiger partial charge in [0, 0.05) is 48.2 Å². The van der Waals surface area contributed by atoms with Gasteiger partial charge < -0.3 is 23.3 Å². The molecule has 1 atom stereocenters. The van der Waals surface area contributed by atoms with E-state index in [4.69, 9.17) is 9.47 Å². The van der Waals surface area contributed by atoms with Gasteiger partial charge in [0.1, 0.15) is 23.0 Å². The highest BCUT2D eigenvalue weighted by Crippen LogP contribution is 2.39. The maximum absolute atomic E-state index is 12.4. The van der Waals surface area contributed by atoms with Crippen molar-refractivity contribution in [2.24, 2.45) is 7.05 Å². The van der Waals surface area contributed by atoms with Crippen LogP contribution in [-0.4, -0.2) is 32.8 Å². The Kier molecular flexibility index (Phi) is 8.54. The Morgan fingerprint density at radius 1 is 1.03 bits per heavy atom. The number of hydrogen-bond donors (Lipinski definition) is 1. The first-order valence-corrected chi connectivity index (χ1v) is 11.5. The molecule has 3 rings (SSSR count). The molecule has 0 aliphatic rings. The molecule has 0 saturated carbocycles. The lowest BCUT2D eigenvalue weighted by Crippen LogP contribution is -2.19. The Morgan fingerprint density at radius 2 is 1.71 bits per heavy atom. The molecular formula is C23H22F3N2O6S-. The van der Waals surface area contributed by atoms with Crippen LogP contribution in [0.4, 0.5) is 13.2 Å². The van der Waals surface area contributed by atoms with Crippen molar-refractivity contribution in [3.63, 3.8) is 0 Å². The summed E-state index contributed by atoms with van der Waals surface area (Å²) in [5, 5.41) is 0. The van der Waals surface area contributed by atoms with E-state index >= 15 is 0 Å². The fourth-order valence-electron chi connectivity index (χ4n) is 3.24. The Labute approximate surface area is 201 Å². The zero-order chi connectivity index (χ0) is 25.6. The Hall–Kier alpha value is -3.35.